The lowest BCUT2D eigenvalue weighted by atomic mass is 10.3. The number of rotatable bonds is 9. The molecule has 0 aliphatic heterocycles. The summed E-state index contributed by atoms with van der Waals surface area (Å²) in [6.07, 6.45) is 0.878. The summed E-state index contributed by atoms with van der Waals surface area (Å²) in [5.74, 6) is 1.41. The minimum atomic E-state index is 0.176. The molecular weight excluding hydrogens is 302 g/mol. The predicted molar refractivity (Wildman–Crippen MR) is 88.8 cm³/mol. The van der Waals surface area contributed by atoms with Crippen LogP contribution in [-0.2, 0) is 6.54 Å². The molecule has 0 aliphatic carbocycles. The number of nitrogens with two attached hydrogens (primary N) is 1. The SMILES string of the molecule is COc1cc2sc(CN)nc2cc1OCCCN(C)CCO. The molecule has 0 aliphatic rings. The quantitative estimate of drug-likeness (QED) is 0.679. The number of hydrogen-bond acceptors (Lipinski definition) is 7. The maximum absolute atomic E-state index is 8.86. The second kappa shape index (κ2) is 8.28. The van der Waals surface area contributed by atoms with E-state index in [-0.39, 0.29) is 6.61 Å². The highest BCUT2D eigenvalue weighted by atomic mass is 32.1. The molecule has 1 heterocycles. The van der Waals surface area contributed by atoms with Gasteiger partial charge in [0.1, 0.15) is 5.01 Å². The fourth-order valence-corrected chi connectivity index (χ4v) is 3.00. The molecule has 2 aromatic rings. The molecule has 0 atom stereocenters. The first kappa shape index (κ1) is 17.0. The standard InChI is InChI=1S/C15H23N3O3S/c1-18(5-6-19)4-3-7-21-13-8-11-14(9-12(13)20-2)22-15(10-16)17-11/h8-9,19H,3-7,10,16H2,1-2H3. The molecule has 1 aromatic heterocycles. The molecule has 3 N–H and O–H groups in total. The fraction of sp³-hybridized carbons (Fsp3) is 0.533. The fourth-order valence-electron chi connectivity index (χ4n) is 2.14. The number of aliphatic hydroxyl groups is 1. The van der Waals surface area contributed by atoms with Gasteiger partial charge in [-0.2, -0.15) is 0 Å². The van der Waals surface area contributed by atoms with Crippen LogP contribution in [0.25, 0.3) is 10.2 Å². The second-order valence-electron chi connectivity index (χ2n) is 5.01. The Hall–Kier alpha value is -1.41. The van der Waals surface area contributed by atoms with Gasteiger partial charge in [0, 0.05) is 31.8 Å². The van der Waals surface area contributed by atoms with Gasteiger partial charge in [-0.15, -0.1) is 11.3 Å². The molecule has 0 saturated heterocycles. The highest BCUT2D eigenvalue weighted by Gasteiger charge is 2.11. The van der Waals surface area contributed by atoms with Crippen LogP contribution in [0.2, 0.25) is 0 Å². The van der Waals surface area contributed by atoms with Gasteiger partial charge in [0.2, 0.25) is 0 Å². The van der Waals surface area contributed by atoms with E-state index in [1.807, 2.05) is 19.2 Å². The summed E-state index contributed by atoms with van der Waals surface area (Å²) in [4.78, 5) is 6.54. The third-order valence-electron chi connectivity index (χ3n) is 3.32. The van der Waals surface area contributed by atoms with Crippen molar-refractivity contribution in [3.05, 3.63) is 17.1 Å². The van der Waals surface area contributed by atoms with E-state index < -0.39 is 0 Å². The van der Waals surface area contributed by atoms with Crippen molar-refractivity contribution < 1.29 is 14.6 Å². The molecule has 0 bridgehead atoms. The average molecular weight is 325 g/mol. The summed E-state index contributed by atoms with van der Waals surface area (Å²) >= 11 is 1.57. The second-order valence-corrected chi connectivity index (χ2v) is 6.13. The zero-order valence-electron chi connectivity index (χ0n) is 13.0. The number of benzene rings is 1. The van der Waals surface area contributed by atoms with Crippen molar-refractivity contribution in [2.75, 3.05) is 40.5 Å². The first-order chi connectivity index (χ1) is 10.7. The Labute approximate surface area is 134 Å². The van der Waals surface area contributed by atoms with Crippen LogP contribution in [0.3, 0.4) is 0 Å². The van der Waals surface area contributed by atoms with E-state index >= 15 is 0 Å². The van der Waals surface area contributed by atoms with E-state index in [1.165, 1.54) is 0 Å². The predicted octanol–water partition coefficient (Wildman–Crippen LogP) is 1.46. The minimum Gasteiger partial charge on any atom is -0.493 e. The zero-order chi connectivity index (χ0) is 15.9. The molecule has 1 aromatic carbocycles. The monoisotopic (exact) mass is 325 g/mol. The van der Waals surface area contributed by atoms with Crippen LogP contribution in [0, 0.1) is 0 Å². The average Bonchev–Trinajstić information content (AvgIpc) is 2.92. The van der Waals surface area contributed by atoms with Gasteiger partial charge in [0.15, 0.2) is 11.5 Å². The van der Waals surface area contributed by atoms with Crippen LogP contribution >= 0.6 is 11.3 Å². The third kappa shape index (κ3) is 4.30. The van der Waals surface area contributed by atoms with Gasteiger partial charge in [-0.25, -0.2) is 4.98 Å². The smallest absolute Gasteiger partial charge is 0.163 e. The number of fused-ring (bicyclic) bond motifs is 1. The van der Waals surface area contributed by atoms with Gasteiger partial charge >= 0.3 is 0 Å². The summed E-state index contributed by atoms with van der Waals surface area (Å²) in [6.45, 7) is 2.75. The van der Waals surface area contributed by atoms with E-state index in [4.69, 9.17) is 20.3 Å². The lowest BCUT2D eigenvalue weighted by molar-refractivity contribution is 0.206. The zero-order valence-corrected chi connectivity index (χ0v) is 13.9. The Morgan fingerprint density at radius 2 is 2.14 bits per heavy atom. The van der Waals surface area contributed by atoms with Crippen molar-refractivity contribution in [2.24, 2.45) is 5.73 Å². The largest absolute Gasteiger partial charge is 0.493 e. The van der Waals surface area contributed by atoms with Gasteiger partial charge in [-0.1, -0.05) is 0 Å². The minimum absolute atomic E-state index is 0.176. The normalized spacial score (nSPS) is 11.3. The van der Waals surface area contributed by atoms with E-state index in [0.717, 1.165) is 28.2 Å². The molecule has 0 amide bonds. The molecule has 22 heavy (non-hydrogen) atoms. The van der Waals surface area contributed by atoms with Crippen LogP contribution in [-0.4, -0.2) is 55.5 Å². The van der Waals surface area contributed by atoms with Crippen LogP contribution in [0.1, 0.15) is 11.4 Å². The summed E-state index contributed by atoms with van der Waals surface area (Å²) < 4.78 is 12.3. The van der Waals surface area contributed by atoms with Crippen LogP contribution in [0.5, 0.6) is 11.5 Å². The van der Waals surface area contributed by atoms with Gasteiger partial charge in [0.05, 0.1) is 30.5 Å². The van der Waals surface area contributed by atoms with E-state index in [1.54, 1.807) is 18.4 Å². The van der Waals surface area contributed by atoms with Gasteiger partial charge in [-0.3, -0.25) is 0 Å². The third-order valence-corrected chi connectivity index (χ3v) is 4.36. The Balaban J connectivity index is 2.00. The highest BCUT2D eigenvalue weighted by molar-refractivity contribution is 7.18. The maximum atomic E-state index is 8.86. The number of likely N-dealkylation sites (N-methyl/N-ethyl adjacent to an activating group) is 1. The molecule has 0 saturated carbocycles. The summed E-state index contributed by atoms with van der Waals surface area (Å²) in [5.41, 5.74) is 6.52. The van der Waals surface area contributed by atoms with Crippen molar-refractivity contribution in [1.82, 2.24) is 9.88 Å². The van der Waals surface area contributed by atoms with E-state index in [2.05, 4.69) is 9.88 Å². The van der Waals surface area contributed by atoms with Crippen molar-refractivity contribution in [1.29, 1.82) is 0 Å². The molecule has 2 rings (SSSR count). The Bertz CT molecular complexity index is 603. The van der Waals surface area contributed by atoms with Gasteiger partial charge in [-0.05, 0) is 13.5 Å². The van der Waals surface area contributed by atoms with E-state index in [9.17, 15) is 0 Å². The van der Waals surface area contributed by atoms with Crippen LogP contribution < -0.4 is 15.2 Å². The Morgan fingerprint density at radius 1 is 1.32 bits per heavy atom. The number of nitrogens with zero attached hydrogens (tertiary/aromatic N) is 2. The molecule has 6 nitrogen and oxygen atoms in total. The number of hydrogen-bond donors (Lipinski definition) is 2. The molecule has 0 radical (unpaired) electrons. The molecule has 0 fully saturated rings. The van der Waals surface area contributed by atoms with Crippen LogP contribution in [0.15, 0.2) is 12.1 Å². The Morgan fingerprint density at radius 3 is 2.82 bits per heavy atom. The van der Waals surface area contributed by atoms with Crippen LogP contribution in [0.4, 0.5) is 0 Å². The number of aromatic nitrogens is 1. The van der Waals surface area contributed by atoms with Crippen molar-refractivity contribution in [3.63, 3.8) is 0 Å². The number of aliphatic hydroxyl groups excluding tert-OH is 1. The highest BCUT2D eigenvalue weighted by Crippen LogP contribution is 2.34. The summed E-state index contributed by atoms with van der Waals surface area (Å²) in [7, 11) is 3.61. The van der Waals surface area contributed by atoms with Crippen molar-refractivity contribution >= 4 is 21.6 Å². The molecular formula is C15H23N3O3S. The van der Waals surface area contributed by atoms with Gasteiger partial charge < -0.3 is 25.2 Å². The van der Waals surface area contributed by atoms with Gasteiger partial charge in [0.25, 0.3) is 0 Å². The molecule has 0 spiro atoms. The number of thiazole rings is 1. The Kier molecular flexibility index (Phi) is 6.38. The van der Waals surface area contributed by atoms with Crippen molar-refractivity contribution in [2.45, 2.75) is 13.0 Å². The topological polar surface area (TPSA) is 80.8 Å². The lowest BCUT2D eigenvalue weighted by Crippen LogP contribution is -2.24. The molecule has 7 heteroatoms. The molecule has 0 unspecified atom stereocenters. The van der Waals surface area contributed by atoms with Crippen molar-refractivity contribution in [3.8, 4) is 11.5 Å². The maximum Gasteiger partial charge on any atom is 0.163 e. The first-order valence-corrected chi connectivity index (χ1v) is 8.09. The number of ether oxygens (including phenoxy) is 2. The first-order valence-electron chi connectivity index (χ1n) is 7.27. The summed E-state index contributed by atoms with van der Waals surface area (Å²) in [6, 6.07) is 3.85. The summed E-state index contributed by atoms with van der Waals surface area (Å²) in [5, 5.41) is 9.76. The van der Waals surface area contributed by atoms with E-state index in [0.29, 0.717) is 31.2 Å². The number of methoxy groups -OCH3 is 1. The lowest BCUT2D eigenvalue weighted by Gasteiger charge is -2.15. The molecule has 122 valence electrons.